The van der Waals surface area contributed by atoms with Crippen LogP contribution in [0.1, 0.15) is 252 Å². The predicted molar refractivity (Wildman–Crippen MR) is 231 cm³/mol. The Morgan fingerprint density at radius 2 is 0.396 bits per heavy atom. The predicted octanol–water partition coefficient (Wildman–Crippen LogP) is 12.7. The van der Waals surface area contributed by atoms with E-state index in [1.807, 2.05) is 0 Å². The number of rotatable bonds is 44. The molecule has 0 rings (SSSR count). The summed E-state index contributed by atoms with van der Waals surface area (Å²) < 4.78 is 0. The van der Waals surface area contributed by atoms with Crippen molar-refractivity contribution in [3.8, 4) is 0 Å². The van der Waals surface area contributed by atoms with Crippen molar-refractivity contribution in [3.05, 3.63) is 0 Å². The van der Waals surface area contributed by atoms with Gasteiger partial charge in [0, 0.05) is 26.2 Å². The third kappa shape index (κ3) is 37.1. The Hall–Kier alpha value is -0.240. The molecule has 0 radical (unpaired) electrons. The largest absolute Gasteiger partial charge is 0.392 e. The summed E-state index contributed by atoms with van der Waals surface area (Å²) in [6.45, 7) is 10.8. The number of hydrazine groups is 1. The van der Waals surface area contributed by atoms with E-state index >= 15 is 0 Å². The van der Waals surface area contributed by atoms with Gasteiger partial charge >= 0.3 is 0 Å². The van der Waals surface area contributed by atoms with Gasteiger partial charge < -0.3 is 20.4 Å². The molecule has 53 heavy (non-hydrogen) atoms. The van der Waals surface area contributed by atoms with Crippen LogP contribution in [-0.4, -0.2) is 81.0 Å². The van der Waals surface area contributed by atoms with Gasteiger partial charge in [0.1, 0.15) is 0 Å². The molecule has 0 aromatic rings. The highest BCUT2D eigenvalue weighted by molar-refractivity contribution is 4.74. The van der Waals surface area contributed by atoms with Crippen LogP contribution < -0.4 is 0 Å². The fraction of sp³-hybridized carbons (Fsp3) is 1.00. The van der Waals surface area contributed by atoms with E-state index in [-0.39, 0.29) is 0 Å². The lowest BCUT2D eigenvalue weighted by Gasteiger charge is -2.39. The van der Waals surface area contributed by atoms with Gasteiger partial charge in [0.25, 0.3) is 0 Å². The first-order valence-electron chi connectivity index (χ1n) is 24.1. The van der Waals surface area contributed by atoms with Crippen LogP contribution in [0.25, 0.3) is 0 Å². The van der Waals surface area contributed by atoms with Crippen molar-refractivity contribution in [2.45, 2.75) is 277 Å². The third-order valence-electron chi connectivity index (χ3n) is 11.4. The minimum absolute atomic E-state index is 0.444. The van der Waals surface area contributed by atoms with E-state index < -0.39 is 24.4 Å². The van der Waals surface area contributed by atoms with Crippen LogP contribution in [0.15, 0.2) is 0 Å². The third-order valence-corrected chi connectivity index (χ3v) is 11.4. The summed E-state index contributed by atoms with van der Waals surface area (Å²) in [5.74, 6) is 0. The van der Waals surface area contributed by atoms with Gasteiger partial charge in [-0.25, -0.2) is 10.0 Å². The van der Waals surface area contributed by atoms with Gasteiger partial charge in [-0.2, -0.15) is 0 Å². The second-order valence-electron chi connectivity index (χ2n) is 17.1. The molecule has 0 heterocycles. The Morgan fingerprint density at radius 3 is 0.566 bits per heavy atom. The smallest absolute Gasteiger partial charge is 0.0681 e. The maximum atomic E-state index is 11.3. The lowest BCUT2D eigenvalue weighted by molar-refractivity contribution is -0.111. The van der Waals surface area contributed by atoms with Crippen molar-refractivity contribution in [1.29, 1.82) is 0 Å². The zero-order valence-corrected chi connectivity index (χ0v) is 36.6. The number of unbranched alkanes of at least 4 members (excludes halogenated alkanes) is 27. The van der Waals surface area contributed by atoms with E-state index in [0.29, 0.717) is 26.2 Å². The number of nitrogens with zero attached hydrogens (tertiary/aromatic N) is 2. The fourth-order valence-electron chi connectivity index (χ4n) is 7.83. The summed E-state index contributed by atoms with van der Waals surface area (Å²) in [4.78, 5) is 0. The van der Waals surface area contributed by atoms with E-state index in [9.17, 15) is 20.4 Å². The minimum atomic E-state index is -0.488. The highest BCUT2D eigenvalue weighted by atomic mass is 16.3. The molecule has 6 heteroatoms. The molecule has 320 valence electrons. The van der Waals surface area contributed by atoms with E-state index in [1.165, 1.54) is 148 Å². The standard InChI is InChI=1S/C47H98N2O4/c1-5-9-13-17-21-25-29-33-37-45(51)41-48(40-44(50)36-32-28-24-20-16-12-8-4)49(42-46(52)38-34-30-26-22-18-14-10-6-2)43-47(53)39-35-31-27-23-19-15-11-7-3/h44-47,50-53H,5-43H2,1-4H3. The first-order chi connectivity index (χ1) is 25.9. The maximum absolute atomic E-state index is 11.3. The van der Waals surface area contributed by atoms with Crippen molar-refractivity contribution in [3.63, 3.8) is 0 Å². The zero-order valence-electron chi connectivity index (χ0n) is 36.6. The Morgan fingerprint density at radius 1 is 0.245 bits per heavy atom. The van der Waals surface area contributed by atoms with Crippen molar-refractivity contribution < 1.29 is 20.4 Å². The van der Waals surface area contributed by atoms with Gasteiger partial charge in [-0.1, -0.05) is 227 Å². The summed E-state index contributed by atoms with van der Waals surface area (Å²) in [7, 11) is 0. The maximum Gasteiger partial charge on any atom is 0.0681 e. The van der Waals surface area contributed by atoms with E-state index in [4.69, 9.17) is 0 Å². The summed E-state index contributed by atoms with van der Waals surface area (Å²) in [5, 5.41) is 49.5. The monoisotopic (exact) mass is 755 g/mol. The van der Waals surface area contributed by atoms with Gasteiger partial charge in [0.05, 0.1) is 24.4 Å². The average molecular weight is 755 g/mol. The average Bonchev–Trinajstić information content (AvgIpc) is 3.14. The molecule has 4 unspecified atom stereocenters. The second kappa shape index (κ2) is 41.4. The molecule has 6 nitrogen and oxygen atoms in total. The molecule has 0 fully saturated rings. The first-order valence-corrected chi connectivity index (χ1v) is 24.1. The van der Waals surface area contributed by atoms with Crippen molar-refractivity contribution in [2.75, 3.05) is 26.2 Å². The molecular weight excluding hydrogens is 657 g/mol. The molecule has 0 amide bonds. The van der Waals surface area contributed by atoms with E-state index in [1.54, 1.807) is 0 Å². The SMILES string of the molecule is CCCCCCCCCCC(O)CN(CC(O)CCCCCCCCC)N(CC(O)CCCCCCCCCC)CC(O)CCCCCCCCCC. The number of hydrogen-bond donors (Lipinski definition) is 4. The summed E-state index contributed by atoms with van der Waals surface area (Å²) in [6.07, 6.45) is 39.5. The highest BCUT2D eigenvalue weighted by Gasteiger charge is 2.26. The quantitative estimate of drug-likeness (QED) is 0.0366. The molecule has 0 aromatic carbocycles. The Balaban J connectivity index is 5.40. The van der Waals surface area contributed by atoms with E-state index in [0.717, 1.165) is 77.0 Å². The molecule has 0 aliphatic rings. The number of hydrogen-bond acceptors (Lipinski definition) is 6. The molecule has 0 bridgehead atoms. The molecule has 0 aliphatic carbocycles. The Bertz CT molecular complexity index is 669. The molecule has 0 saturated heterocycles. The molecule has 4 atom stereocenters. The molecule has 0 aliphatic heterocycles. The van der Waals surface area contributed by atoms with Gasteiger partial charge in [-0.05, 0) is 25.7 Å². The van der Waals surface area contributed by atoms with Crippen LogP contribution in [0.5, 0.6) is 0 Å². The summed E-state index contributed by atoms with van der Waals surface area (Å²) in [6, 6.07) is 0. The topological polar surface area (TPSA) is 87.4 Å². The van der Waals surface area contributed by atoms with E-state index in [2.05, 4.69) is 37.7 Å². The lowest BCUT2D eigenvalue weighted by Crippen LogP contribution is -2.54. The minimum Gasteiger partial charge on any atom is -0.392 e. The van der Waals surface area contributed by atoms with Crippen LogP contribution in [0.4, 0.5) is 0 Å². The molecule has 4 N–H and O–H groups in total. The van der Waals surface area contributed by atoms with Crippen molar-refractivity contribution in [2.24, 2.45) is 0 Å². The van der Waals surface area contributed by atoms with Crippen molar-refractivity contribution in [1.82, 2.24) is 10.0 Å². The van der Waals surface area contributed by atoms with Crippen LogP contribution in [-0.2, 0) is 0 Å². The van der Waals surface area contributed by atoms with Crippen LogP contribution in [0.3, 0.4) is 0 Å². The van der Waals surface area contributed by atoms with Crippen LogP contribution in [0, 0.1) is 0 Å². The molecule has 0 saturated carbocycles. The van der Waals surface area contributed by atoms with Gasteiger partial charge in [-0.3, -0.25) is 0 Å². The van der Waals surface area contributed by atoms with Gasteiger partial charge in [0.15, 0.2) is 0 Å². The zero-order chi connectivity index (χ0) is 39.0. The highest BCUT2D eigenvalue weighted by Crippen LogP contribution is 2.18. The second-order valence-corrected chi connectivity index (χ2v) is 17.1. The van der Waals surface area contributed by atoms with Gasteiger partial charge in [0.2, 0.25) is 0 Å². The number of aliphatic hydroxyl groups is 4. The first kappa shape index (κ1) is 52.8. The molecule has 0 spiro atoms. The van der Waals surface area contributed by atoms with Crippen LogP contribution in [0.2, 0.25) is 0 Å². The van der Waals surface area contributed by atoms with Gasteiger partial charge in [-0.15, -0.1) is 0 Å². The van der Waals surface area contributed by atoms with Crippen LogP contribution >= 0.6 is 0 Å². The fourth-order valence-corrected chi connectivity index (χ4v) is 7.83. The molecule has 0 aromatic heterocycles. The summed E-state index contributed by atoms with van der Waals surface area (Å²) in [5.41, 5.74) is 0. The Kier molecular flexibility index (Phi) is 41.2. The normalized spacial score (nSPS) is 14.4. The lowest BCUT2D eigenvalue weighted by atomic mass is 10.0. The Labute approximate surface area is 332 Å². The number of aliphatic hydroxyl groups excluding tert-OH is 4. The summed E-state index contributed by atoms with van der Waals surface area (Å²) >= 11 is 0. The molecular formula is C47H98N2O4. The van der Waals surface area contributed by atoms with Crippen molar-refractivity contribution >= 4 is 0 Å².